The fourth-order valence-corrected chi connectivity index (χ4v) is 5.24. The van der Waals surface area contributed by atoms with Gasteiger partial charge in [0.05, 0.1) is 11.6 Å². The third-order valence-corrected chi connectivity index (χ3v) is 6.73. The van der Waals surface area contributed by atoms with E-state index in [1.165, 1.54) is 0 Å². The summed E-state index contributed by atoms with van der Waals surface area (Å²) in [6.45, 7) is 9.21. The average Bonchev–Trinajstić information content (AvgIpc) is 3.22. The molecule has 6 nitrogen and oxygen atoms in total. The number of aryl methyl sites for hydroxylation is 1. The van der Waals surface area contributed by atoms with E-state index < -0.39 is 5.41 Å². The van der Waals surface area contributed by atoms with Crippen LogP contribution in [0.2, 0.25) is 0 Å². The van der Waals surface area contributed by atoms with Crippen LogP contribution in [0.4, 0.5) is 5.13 Å². The van der Waals surface area contributed by atoms with Crippen molar-refractivity contribution in [3.05, 3.63) is 11.1 Å². The maximum absolute atomic E-state index is 13.0. The van der Waals surface area contributed by atoms with E-state index in [0.717, 1.165) is 36.8 Å². The Kier molecular flexibility index (Phi) is 5.81. The van der Waals surface area contributed by atoms with E-state index >= 15 is 0 Å². The average molecular weight is 397 g/mol. The first-order chi connectivity index (χ1) is 12.3. The summed E-state index contributed by atoms with van der Waals surface area (Å²) in [7, 11) is 0. The molecule has 2 fully saturated rings. The van der Waals surface area contributed by atoms with Crippen LogP contribution in [0.1, 0.15) is 39.3 Å². The number of thiazole rings is 1. The molecule has 0 aromatic carbocycles. The highest BCUT2D eigenvalue weighted by atomic mass is 32.2. The molecule has 8 heteroatoms. The molecular formula is C18H28N4O2S2. The predicted molar refractivity (Wildman–Crippen MR) is 107 cm³/mol. The molecule has 0 bridgehead atoms. The first-order valence-corrected chi connectivity index (χ1v) is 11.2. The van der Waals surface area contributed by atoms with E-state index in [4.69, 9.17) is 0 Å². The molecule has 26 heavy (non-hydrogen) atoms. The Labute approximate surface area is 163 Å². The monoisotopic (exact) mass is 396 g/mol. The highest BCUT2D eigenvalue weighted by molar-refractivity contribution is 7.99. The Balaban J connectivity index is 1.55. The number of rotatable bonds is 3. The molecule has 144 valence electrons. The molecule has 2 saturated heterocycles. The maximum Gasteiger partial charge on any atom is 0.246 e. The number of likely N-dealkylation sites (tertiary alicyclic amines) is 1. The Morgan fingerprint density at radius 1 is 1.27 bits per heavy atom. The molecule has 1 aromatic heterocycles. The van der Waals surface area contributed by atoms with Crippen LogP contribution in [0.3, 0.4) is 0 Å². The Morgan fingerprint density at radius 3 is 2.54 bits per heavy atom. The molecule has 2 aliphatic rings. The van der Waals surface area contributed by atoms with E-state index in [1.807, 2.05) is 38.0 Å². The number of nitrogens with one attached hydrogen (secondary N) is 1. The van der Waals surface area contributed by atoms with Crippen molar-refractivity contribution in [2.45, 2.75) is 52.6 Å². The van der Waals surface area contributed by atoms with Gasteiger partial charge in [-0.05, 0) is 19.8 Å². The largest absolute Gasteiger partial charge is 0.359 e. The molecule has 0 saturated carbocycles. The lowest BCUT2D eigenvalue weighted by molar-refractivity contribution is -0.148. The van der Waals surface area contributed by atoms with E-state index in [9.17, 15) is 9.59 Å². The molecule has 0 unspecified atom stereocenters. The topological polar surface area (TPSA) is 65.5 Å². The summed E-state index contributed by atoms with van der Waals surface area (Å²) in [5.74, 6) is 1.50. The van der Waals surface area contributed by atoms with E-state index in [-0.39, 0.29) is 17.9 Å². The molecule has 0 spiro atoms. The summed E-state index contributed by atoms with van der Waals surface area (Å²) in [6, 6.07) is 0.0488. The standard InChI is InChI=1S/C18H28N4O2S2/c1-12-9-26-17(19-12)20-13-5-7-21(8-6-13)15(23)14-10-25-11-22(14)16(24)18(2,3)4/h9,13-14H,5-8,10-11H2,1-4H3,(H,19,20)/t14-/m1/s1. The van der Waals surface area contributed by atoms with E-state index in [1.54, 1.807) is 28.0 Å². The first-order valence-electron chi connectivity index (χ1n) is 9.12. The van der Waals surface area contributed by atoms with Crippen molar-refractivity contribution in [3.8, 4) is 0 Å². The summed E-state index contributed by atoms with van der Waals surface area (Å²) >= 11 is 3.30. The molecule has 0 radical (unpaired) electrons. The van der Waals surface area contributed by atoms with Crippen molar-refractivity contribution < 1.29 is 9.59 Å². The van der Waals surface area contributed by atoms with Crippen molar-refractivity contribution in [2.75, 3.05) is 30.0 Å². The molecule has 2 aliphatic heterocycles. The van der Waals surface area contributed by atoms with Crippen LogP contribution in [-0.2, 0) is 9.59 Å². The minimum atomic E-state index is -0.452. The summed E-state index contributed by atoms with van der Waals surface area (Å²) in [5, 5.41) is 6.48. The second-order valence-electron chi connectivity index (χ2n) is 8.08. The number of hydrogen-bond acceptors (Lipinski definition) is 6. The molecule has 1 aromatic rings. The third kappa shape index (κ3) is 4.34. The summed E-state index contributed by atoms with van der Waals surface area (Å²) < 4.78 is 0. The zero-order valence-electron chi connectivity index (χ0n) is 15.9. The number of thioether (sulfide) groups is 1. The van der Waals surface area contributed by atoms with Crippen molar-refractivity contribution in [3.63, 3.8) is 0 Å². The van der Waals surface area contributed by atoms with E-state index in [2.05, 4.69) is 10.3 Å². The van der Waals surface area contributed by atoms with Gasteiger partial charge in [-0.15, -0.1) is 23.1 Å². The number of piperidine rings is 1. The normalized spacial score (nSPS) is 21.9. The smallest absolute Gasteiger partial charge is 0.246 e. The Bertz CT molecular complexity index is 662. The Morgan fingerprint density at radius 2 is 1.96 bits per heavy atom. The number of hydrogen-bond donors (Lipinski definition) is 1. The number of anilines is 1. The number of aromatic nitrogens is 1. The van der Waals surface area contributed by atoms with Crippen LogP contribution >= 0.6 is 23.1 Å². The minimum Gasteiger partial charge on any atom is -0.359 e. The number of amides is 2. The van der Waals surface area contributed by atoms with Crippen molar-refractivity contribution in [1.29, 1.82) is 0 Å². The molecule has 3 rings (SSSR count). The van der Waals surface area contributed by atoms with Crippen LogP contribution in [-0.4, -0.2) is 63.4 Å². The van der Waals surface area contributed by atoms with Gasteiger partial charge in [-0.3, -0.25) is 9.59 Å². The summed E-state index contributed by atoms with van der Waals surface area (Å²) in [6.07, 6.45) is 1.83. The molecule has 0 aliphatic carbocycles. The fourth-order valence-electron chi connectivity index (χ4n) is 3.33. The lowest BCUT2D eigenvalue weighted by Crippen LogP contribution is -2.53. The van der Waals surface area contributed by atoms with Crippen molar-refractivity contribution >= 4 is 40.0 Å². The number of carbonyl (C=O) groups excluding carboxylic acids is 2. The first kappa shape index (κ1) is 19.5. The van der Waals surface area contributed by atoms with Gasteiger partial charge in [-0.2, -0.15) is 0 Å². The highest BCUT2D eigenvalue weighted by Gasteiger charge is 2.41. The maximum atomic E-state index is 13.0. The molecule has 2 amide bonds. The number of nitrogens with zero attached hydrogens (tertiary/aromatic N) is 3. The quantitative estimate of drug-likeness (QED) is 0.851. The lowest BCUT2D eigenvalue weighted by atomic mass is 9.94. The van der Waals surface area contributed by atoms with E-state index in [0.29, 0.717) is 17.7 Å². The Hall–Kier alpha value is -1.28. The van der Waals surface area contributed by atoms with Crippen LogP contribution in [0, 0.1) is 12.3 Å². The van der Waals surface area contributed by atoms with Gasteiger partial charge in [0.2, 0.25) is 11.8 Å². The fraction of sp³-hybridized carbons (Fsp3) is 0.722. The number of carbonyl (C=O) groups is 2. The van der Waals surface area contributed by atoms with Crippen LogP contribution in [0.25, 0.3) is 0 Å². The van der Waals surface area contributed by atoms with Crippen molar-refractivity contribution in [1.82, 2.24) is 14.8 Å². The highest BCUT2D eigenvalue weighted by Crippen LogP contribution is 2.29. The molecule has 3 heterocycles. The van der Waals surface area contributed by atoms with Gasteiger partial charge in [0.1, 0.15) is 6.04 Å². The van der Waals surface area contributed by atoms with Crippen LogP contribution in [0.15, 0.2) is 5.38 Å². The van der Waals surface area contributed by atoms with Crippen LogP contribution in [0.5, 0.6) is 0 Å². The van der Waals surface area contributed by atoms with Gasteiger partial charge in [-0.25, -0.2) is 4.98 Å². The molecule has 1 N–H and O–H groups in total. The van der Waals surface area contributed by atoms with Gasteiger partial charge >= 0.3 is 0 Å². The zero-order valence-corrected chi connectivity index (χ0v) is 17.6. The lowest BCUT2D eigenvalue weighted by Gasteiger charge is -2.36. The van der Waals surface area contributed by atoms with Gasteiger partial charge in [0.25, 0.3) is 0 Å². The van der Waals surface area contributed by atoms with Gasteiger partial charge in [0.15, 0.2) is 5.13 Å². The van der Waals surface area contributed by atoms with Gasteiger partial charge in [-0.1, -0.05) is 20.8 Å². The molecule has 1 atom stereocenters. The summed E-state index contributed by atoms with van der Waals surface area (Å²) in [5.41, 5.74) is 0.582. The zero-order chi connectivity index (χ0) is 18.9. The van der Waals surface area contributed by atoms with Gasteiger partial charge < -0.3 is 15.1 Å². The van der Waals surface area contributed by atoms with Crippen molar-refractivity contribution in [2.24, 2.45) is 5.41 Å². The minimum absolute atomic E-state index is 0.0662. The second-order valence-corrected chi connectivity index (χ2v) is 9.94. The molecular weight excluding hydrogens is 368 g/mol. The predicted octanol–water partition coefficient (Wildman–Crippen LogP) is 2.80. The SMILES string of the molecule is Cc1csc(NC2CCN(C(=O)[C@H]3CSCN3C(=O)C(C)(C)C)CC2)n1. The third-order valence-electron chi connectivity index (χ3n) is 4.82. The second kappa shape index (κ2) is 7.76. The van der Waals surface area contributed by atoms with Crippen LogP contribution < -0.4 is 5.32 Å². The van der Waals surface area contributed by atoms with Gasteiger partial charge in [0, 0.05) is 35.7 Å². The summed E-state index contributed by atoms with van der Waals surface area (Å²) in [4.78, 5) is 33.8.